The van der Waals surface area contributed by atoms with Gasteiger partial charge in [0.05, 0.1) is 6.04 Å². The average molecular weight is 136 g/mol. The Hall–Kier alpha value is 0.200. The molecule has 0 aliphatic carbocycles. The average Bonchev–Trinajstić information content (AvgIpc) is 2.14. The highest BCUT2D eigenvalue weighted by molar-refractivity contribution is 7.78. The largest absolute Gasteiger partial charge is 0.312 e. The molecule has 0 spiro atoms. The number of nitrogens with one attached hydrogen (secondary N) is 2. The fourth-order valence-electron chi connectivity index (χ4n) is 0.773. The molecule has 1 rings (SSSR count). The number of rotatable bonds is 1. The van der Waals surface area contributed by atoms with Crippen LogP contribution in [0.5, 0.6) is 0 Å². The highest BCUT2D eigenvalue weighted by Crippen LogP contribution is 2.03. The lowest BCUT2D eigenvalue weighted by Crippen LogP contribution is -2.30. The van der Waals surface area contributed by atoms with E-state index in [0.29, 0.717) is 13.1 Å². The normalized spacial score (nSPS) is 38.2. The van der Waals surface area contributed by atoms with E-state index in [9.17, 15) is 4.39 Å². The second kappa shape index (κ2) is 2.66. The highest BCUT2D eigenvalue weighted by Gasteiger charge is 2.24. The maximum atomic E-state index is 12.4. The maximum absolute atomic E-state index is 12.4. The Balaban J connectivity index is 2.30. The van der Waals surface area contributed by atoms with Crippen molar-refractivity contribution < 1.29 is 4.39 Å². The van der Waals surface area contributed by atoms with E-state index in [2.05, 4.69) is 22.9 Å². The van der Waals surface area contributed by atoms with Crippen LogP contribution in [0.1, 0.15) is 0 Å². The Labute approximate surface area is 53.4 Å². The first-order valence-electron chi connectivity index (χ1n) is 2.59. The second-order valence-corrected chi connectivity index (χ2v) is 2.17. The van der Waals surface area contributed by atoms with Gasteiger partial charge in [0.15, 0.2) is 0 Å². The van der Waals surface area contributed by atoms with Crippen LogP contribution in [0.3, 0.4) is 0 Å². The molecule has 1 aliphatic heterocycles. The summed E-state index contributed by atoms with van der Waals surface area (Å²) in [4.78, 5) is 0. The van der Waals surface area contributed by atoms with Crippen molar-refractivity contribution in [2.75, 3.05) is 13.1 Å². The fraction of sp³-hybridized carbons (Fsp3) is 1.00. The van der Waals surface area contributed by atoms with E-state index >= 15 is 0 Å². The Morgan fingerprint density at radius 1 is 1.62 bits per heavy atom. The second-order valence-electron chi connectivity index (χ2n) is 1.91. The maximum Gasteiger partial charge on any atom is 0.130 e. The molecular weight excluding hydrogens is 127 g/mol. The van der Waals surface area contributed by atoms with Gasteiger partial charge in [-0.1, -0.05) is 12.8 Å². The first kappa shape index (κ1) is 6.32. The van der Waals surface area contributed by atoms with Crippen LogP contribution in [0.4, 0.5) is 4.39 Å². The highest BCUT2D eigenvalue weighted by atomic mass is 32.1. The summed E-state index contributed by atoms with van der Waals surface area (Å²) >= 11 is 3.75. The van der Waals surface area contributed by atoms with Crippen molar-refractivity contribution in [2.45, 2.75) is 12.2 Å². The zero-order valence-electron chi connectivity index (χ0n) is 4.39. The van der Waals surface area contributed by atoms with E-state index in [1.54, 1.807) is 0 Å². The topological polar surface area (TPSA) is 24.1 Å². The third-order valence-electron chi connectivity index (χ3n) is 1.31. The monoisotopic (exact) mass is 136 g/mol. The molecule has 4 heteroatoms. The molecule has 0 amide bonds. The lowest BCUT2D eigenvalue weighted by Gasteiger charge is -2.06. The van der Waals surface area contributed by atoms with Gasteiger partial charge in [0.25, 0.3) is 0 Å². The van der Waals surface area contributed by atoms with Gasteiger partial charge in [0.2, 0.25) is 0 Å². The van der Waals surface area contributed by atoms with E-state index in [0.717, 1.165) is 0 Å². The molecule has 0 aromatic carbocycles. The summed E-state index contributed by atoms with van der Waals surface area (Å²) in [5.41, 5.74) is 0. The molecule has 8 heavy (non-hydrogen) atoms. The van der Waals surface area contributed by atoms with Crippen LogP contribution in [0, 0.1) is 0 Å². The molecule has 2 atom stereocenters. The van der Waals surface area contributed by atoms with E-state index < -0.39 is 6.17 Å². The molecule has 48 valence electrons. The van der Waals surface area contributed by atoms with Crippen molar-refractivity contribution >= 4 is 12.8 Å². The molecular formula is C4H9FN2S. The molecule has 0 saturated carbocycles. The zero-order valence-corrected chi connectivity index (χ0v) is 5.29. The quantitative estimate of drug-likeness (QED) is 0.432. The summed E-state index contributed by atoms with van der Waals surface area (Å²) < 4.78 is 15.0. The van der Waals surface area contributed by atoms with Crippen LogP contribution in [-0.4, -0.2) is 25.3 Å². The number of hydrogen-bond acceptors (Lipinski definition) is 3. The van der Waals surface area contributed by atoms with Gasteiger partial charge in [-0.05, 0) is 0 Å². The molecule has 1 heterocycles. The molecule has 0 aromatic heterocycles. The molecule has 0 aromatic rings. The lowest BCUT2D eigenvalue weighted by atomic mass is 10.2. The minimum atomic E-state index is -0.771. The van der Waals surface area contributed by atoms with Gasteiger partial charge < -0.3 is 5.32 Å². The minimum absolute atomic E-state index is 0.0988. The molecule has 0 bridgehead atoms. The molecule has 2 N–H and O–H groups in total. The van der Waals surface area contributed by atoms with Crippen LogP contribution < -0.4 is 10.0 Å². The van der Waals surface area contributed by atoms with Crippen LogP contribution in [0.15, 0.2) is 0 Å². The van der Waals surface area contributed by atoms with Crippen molar-refractivity contribution in [3.05, 3.63) is 0 Å². The third-order valence-corrected chi connectivity index (χ3v) is 1.64. The van der Waals surface area contributed by atoms with E-state index in [1.807, 2.05) is 0 Å². The van der Waals surface area contributed by atoms with Gasteiger partial charge in [-0.15, -0.1) is 0 Å². The first-order valence-corrected chi connectivity index (χ1v) is 3.03. The van der Waals surface area contributed by atoms with Crippen LogP contribution in [-0.2, 0) is 0 Å². The van der Waals surface area contributed by atoms with E-state index in [1.165, 1.54) is 0 Å². The van der Waals surface area contributed by atoms with Crippen molar-refractivity contribution in [3.8, 4) is 0 Å². The minimum Gasteiger partial charge on any atom is -0.312 e. The molecule has 2 nitrogen and oxygen atoms in total. The summed E-state index contributed by atoms with van der Waals surface area (Å²) in [6.07, 6.45) is -0.771. The van der Waals surface area contributed by atoms with Gasteiger partial charge in [0, 0.05) is 13.1 Å². The fourth-order valence-corrected chi connectivity index (χ4v) is 1.03. The Morgan fingerprint density at radius 3 is 2.62 bits per heavy atom. The lowest BCUT2D eigenvalue weighted by molar-refractivity contribution is 0.323. The molecule has 0 unspecified atom stereocenters. The summed E-state index contributed by atoms with van der Waals surface area (Å²) in [6.45, 7) is 1.14. The Kier molecular flexibility index (Phi) is 2.10. The Morgan fingerprint density at radius 2 is 2.38 bits per heavy atom. The standard InChI is InChI=1S/C4H9FN2S/c5-3-1-6-2-4(3)7-8/h3-4,6-8H,1-2H2/t3-,4-/m0/s1. The van der Waals surface area contributed by atoms with Crippen LogP contribution in [0.25, 0.3) is 0 Å². The Bertz CT molecular complexity index is 80.4. The van der Waals surface area contributed by atoms with Gasteiger partial charge in [0.1, 0.15) is 6.17 Å². The van der Waals surface area contributed by atoms with Crippen molar-refractivity contribution in [1.29, 1.82) is 0 Å². The van der Waals surface area contributed by atoms with Gasteiger partial charge in [-0.3, -0.25) is 4.72 Å². The summed E-state index contributed by atoms with van der Waals surface area (Å²) in [6, 6.07) is -0.0988. The third kappa shape index (κ3) is 1.13. The van der Waals surface area contributed by atoms with Crippen molar-refractivity contribution in [2.24, 2.45) is 0 Å². The first-order chi connectivity index (χ1) is 3.84. The van der Waals surface area contributed by atoms with Gasteiger partial charge in [-0.2, -0.15) is 0 Å². The molecule has 1 aliphatic rings. The van der Waals surface area contributed by atoms with Crippen LogP contribution >= 0.6 is 12.8 Å². The summed E-state index contributed by atoms with van der Waals surface area (Å²) in [7, 11) is 0. The molecule has 0 radical (unpaired) electrons. The summed E-state index contributed by atoms with van der Waals surface area (Å²) in [5, 5.41) is 2.89. The van der Waals surface area contributed by atoms with Crippen molar-refractivity contribution in [3.63, 3.8) is 0 Å². The predicted molar refractivity (Wildman–Crippen MR) is 33.7 cm³/mol. The van der Waals surface area contributed by atoms with Gasteiger partial charge in [-0.25, -0.2) is 4.39 Å². The van der Waals surface area contributed by atoms with Gasteiger partial charge >= 0.3 is 0 Å². The van der Waals surface area contributed by atoms with E-state index in [4.69, 9.17) is 0 Å². The number of halogens is 1. The van der Waals surface area contributed by atoms with Crippen LogP contribution in [0.2, 0.25) is 0 Å². The smallest absolute Gasteiger partial charge is 0.130 e. The SMILES string of the molecule is F[C@H]1CNC[C@@H]1NS. The number of thiol groups is 1. The molecule has 1 saturated heterocycles. The zero-order chi connectivity index (χ0) is 5.98. The van der Waals surface area contributed by atoms with E-state index in [-0.39, 0.29) is 6.04 Å². The molecule has 1 fully saturated rings. The summed E-state index contributed by atoms with van der Waals surface area (Å²) in [5.74, 6) is 0. The van der Waals surface area contributed by atoms with Crippen molar-refractivity contribution in [1.82, 2.24) is 10.0 Å². The number of alkyl halides is 1. The number of hydrogen-bond donors (Lipinski definition) is 3. The predicted octanol–water partition coefficient (Wildman–Crippen LogP) is -0.269.